The van der Waals surface area contributed by atoms with Gasteiger partial charge in [-0.05, 0) is 78.7 Å². The Balaban J connectivity index is 1.25. The lowest BCUT2D eigenvalue weighted by atomic mass is 9.83. The summed E-state index contributed by atoms with van der Waals surface area (Å²) in [7, 11) is 0. The average molecular weight is 587 g/mol. The van der Waals surface area contributed by atoms with E-state index in [9.17, 15) is 0 Å². The Labute approximate surface area is 267 Å². The Morgan fingerprint density at radius 1 is 0.326 bits per heavy atom. The van der Waals surface area contributed by atoms with E-state index >= 15 is 0 Å². The van der Waals surface area contributed by atoms with Gasteiger partial charge in [0.05, 0.1) is 0 Å². The number of nitrogen functional groups attached to an aromatic ring is 1. The van der Waals surface area contributed by atoms with Crippen LogP contribution in [0.15, 0.2) is 164 Å². The third-order valence-electron chi connectivity index (χ3n) is 9.38. The van der Waals surface area contributed by atoms with Gasteiger partial charge in [-0.1, -0.05) is 146 Å². The molecule has 0 saturated carbocycles. The monoisotopic (exact) mass is 586 g/mol. The van der Waals surface area contributed by atoms with Crippen molar-refractivity contribution in [3.8, 4) is 44.5 Å². The first-order valence-electron chi connectivity index (χ1n) is 15.7. The lowest BCUT2D eigenvalue weighted by Crippen LogP contribution is -1.93. The van der Waals surface area contributed by atoms with Gasteiger partial charge in [-0.15, -0.1) is 0 Å². The molecule has 0 unspecified atom stereocenters. The van der Waals surface area contributed by atoms with Gasteiger partial charge in [-0.3, -0.25) is 0 Å². The van der Waals surface area contributed by atoms with Crippen LogP contribution in [0.4, 0.5) is 5.69 Å². The van der Waals surface area contributed by atoms with Gasteiger partial charge in [-0.2, -0.15) is 0 Å². The molecule has 2 heteroatoms. The van der Waals surface area contributed by atoms with E-state index in [1.807, 2.05) is 6.07 Å². The van der Waals surface area contributed by atoms with E-state index in [1.165, 1.54) is 65.7 Å². The number of rotatable bonds is 4. The van der Waals surface area contributed by atoms with Crippen LogP contribution in [0.3, 0.4) is 0 Å². The Morgan fingerprint density at radius 3 is 1.50 bits per heavy atom. The molecule has 8 aromatic carbocycles. The van der Waals surface area contributed by atoms with Gasteiger partial charge in [0.2, 0.25) is 0 Å². The summed E-state index contributed by atoms with van der Waals surface area (Å²) in [6.45, 7) is 0. The Morgan fingerprint density at radius 2 is 0.826 bits per heavy atom. The maximum Gasteiger partial charge on any atom is 0.0472 e. The fourth-order valence-corrected chi connectivity index (χ4v) is 7.37. The van der Waals surface area contributed by atoms with Gasteiger partial charge in [-0.25, -0.2) is 0 Å². The van der Waals surface area contributed by atoms with Crippen LogP contribution < -0.4 is 5.73 Å². The predicted octanol–water partition coefficient (Wildman–Crippen LogP) is 11.9. The summed E-state index contributed by atoms with van der Waals surface area (Å²) in [6, 6.07) is 58.7. The Bertz CT molecular complexity index is 2520. The zero-order valence-corrected chi connectivity index (χ0v) is 25.2. The van der Waals surface area contributed by atoms with Crippen LogP contribution in [0.1, 0.15) is 0 Å². The summed E-state index contributed by atoms with van der Waals surface area (Å²) < 4.78 is 0. The number of para-hydroxylation sites is 1. The molecule has 2 nitrogen and oxygen atoms in total. The minimum absolute atomic E-state index is 0.779. The molecule has 0 saturated heterocycles. The van der Waals surface area contributed by atoms with Crippen molar-refractivity contribution in [3.05, 3.63) is 164 Å². The average Bonchev–Trinajstić information content (AvgIpc) is 3.50. The molecule has 0 fully saturated rings. The summed E-state index contributed by atoms with van der Waals surface area (Å²) in [4.78, 5) is 3.57. The number of nitrogens with one attached hydrogen (secondary N) is 1. The molecule has 1 heterocycles. The third kappa shape index (κ3) is 4.04. The molecule has 0 radical (unpaired) electrons. The van der Waals surface area contributed by atoms with Crippen molar-refractivity contribution in [2.75, 3.05) is 5.73 Å². The van der Waals surface area contributed by atoms with Crippen LogP contribution in [-0.2, 0) is 0 Å². The molecule has 0 spiro atoms. The van der Waals surface area contributed by atoms with E-state index < -0.39 is 0 Å². The molecule has 9 rings (SSSR count). The number of hydrogen-bond acceptors (Lipinski definition) is 1. The third-order valence-corrected chi connectivity index (χ3v) is 9.38. The number of aromatic amines is 1. The molecular formula is C44H30N2. The number of anilines is 1. The smallest absolute Gasteiger partial charge is 0.0472 e. The van der Waals surface area contributed by atoms with Gasteiger partial charge in [0.25, 0.3) is 0 Å². The minimum Gasteiger partial charge on any atom is -0.398 e. The number of aromatic nitrogens is 1. The normalized spacial score (nSPS) is 11.6. The quantitative estimate of drug-likeness (QED) is 0.156. The molecule has 216 valence electrons. The molecule has 3 N–H and O–H groups in total. The van der Waals surface area contributed by atoms with E-state index in [1.54, 1.807) is 0 Å². The Kier molecular flexibility index (Phi) is 6.00. The van der Waals surface area contributed by atoms with Crippen LogP contribution in [0, 0.1) is 0 Å². The van der Waals surface area contributed by atoms with Crippen LogP contribution in [0.25, 0.3) is 87.9 Å². The van der Waals surface area contributed by atoms with Crippen molar-refractivity contribution < 1.29 is 0 Å². The molecule has 0 amide bonds. The Hall–Kier alpha value is -6.12. The number of fused-ring (bicyclic) bond motifs is 5. The molecule has 0 aliphatic carbocycles. The van der Waals surface area contributed by atoms with E-state index in [-0.39, 0.29) is 0 Å². The first kappa shape index (κ1) is 26.3. The van der Waals surface area contributed by atoms with E-state index in [0.29, 0.717) is 0 Å². The maximum atomic E-state index is 6.66. The topological polar surface area (TPSA) is 41.8 Å². The molecule has 9 aromatic rings. The number of H-pyrrole nitrogens is 1. The van der Waals surface area contributed by atoms with Gasteiger partial charge in [0.15, 0.2) is 0 Å². The standard InChI is InChI=1S/C44H30N2/c45-38-26-27-40-44(37-20-10-11-21-39(37)46-40)42(38)30-24-22-28(23-25-30)31-14-4-5-15-32(31)43-35-18-8-6-16-33(35)41(29-12-2-1-3-13-29)34-17-7-9-19-36(34)43/h1-27,46H,45H2. The molecule has 0 bridgehead atoms. The second kappa shape index (κ2) is 10.5. The minimum atomic E-state index is 0.779. The zero-order valence-electron chi connectivity index (χ0n) is 25.2. The highest BCUT2D eigenvalue weighted by Crippen LogP contribution is 2.46. The zero-order chi connectivity index (χ0) is 30.6. The SMILES string of the molecule is Nc1ccc2[nH]c3ccccc3c2c1-c1ccc(-c2ccccc2-c2c3ccccc3c(-c3ccccc3)c3ccccc23)cc1. The predicted molar refractivity (Wildman–Crippen MR) is 197 cm³/mol. The lowest BCUT2D eigenvalue weighted by Gasteiger charge is -2.19. The van der Waals surface area contributed by atoms with Crippen LogP contribution >= 0.6 is 0 Å². The maximum absolute atomic E-state index is 6.66. The first-order valence-corrected chi connectivity index (χ1v) is 15.7. The largest absolute Gasteiger partial charge is 0.398 e. The fraction of sp³-hybridized carbons (Fsp3) is 0. The summed E-state index contributed by atoms with van der Waals surface area (Å²) in [5.74, 6) is 0. The number of nitrogens with two attached hydrogens (primary N) is 1. The summed E-state index contributed by atoms with van der Waals surface area (Å²) in [6.07, 6.45) is 0. The van der Waals surface area contributed by atoms with Crippen molar-refractivity contribution in [3.63, 3.8) is 0 Å². The highest BCUT2D eigenvalue weighted by molar-refractivity contribution is 6.22. The number of hydrogen-bond donors (Lipinski definition) is 2. The van der Waals surface area contributed by atoms with E-state index in [0.717, 1.165) is 27.8 Å². The van der Waals surface area contributed by atoms with Gasteiger partial charge >= 0.3 is 0 Å². The van der Waals surface area contributed by atoms with Gasteiger partial charge < -0.3 is 10.7 Å². The first-order chi connectivity index (χ1) is 22.8. The molecule has 0 aliphatic heterocycles. The second-order valence-corrected chi connectivity index (χ2v) is 12.0. The summed E-state index contributed by atoms with van der Waals surface area (Å²) in [5, 5.41) is 7.38. The van der Waals surface area contributed by atoms with E-state index in [4.69, 9.17) is 5.73 Å². The highest BCUT2D eigenvalue weighted by Gasteiger charge is 2.19. The molecule has 0 aliphatic rings. The van der Waals surface area contributed by atoms with Crippen molar-refractivity contribution >= 4 is 49.0 Å². The summed E-state index contributed by atoms with van der Waals surface area (Å²) in [5.41, 5.74) is 19.2. The molecule has 46 heavy (non-hydrogen) atoms. The van der Waals surface area contributed by atoms with Crippen molar-refractivity contribution in [1.82, 2.24) is 4.98 Å². The number of benzene rings is 8. The van der Waals surface area contributed by atoms with Gasteiger partial charge in [0.1, 0.15) is 0 Å². The van der Waals surface area contributed by atoms with Crippen LogP contribution in [0.2, 0.25) is 0 Å². The molecular weight excluding hydrogens is 556 g/mol. The van der Waals surface area contributed by atoms with Crippen LogP contribution in [0.5, 0.6) is 0 Å². The van der Waals surface area contributed by atoms with Crippen molar-refractivity contribution in [2.45, 2.75) is 0 Å². The van der Waals surface area contributed by atoms with Gasteiger partial charge in [0, 0.05) is 33.1 Å². The fourth-order valence-electron chi connectivity index (χ4n) is 7.37. The highest BCUT2D eigenvalue weighted by atomic mass is 14.7. The van der Waals surface area contributed by atoms with Crippen molar-refractivity contribution in [2.24, 2.45) is 0 Å². The summed E-state index contributed by atoms with van der Waals surface area (Å²) >= 11 is 0. The lowest BCUT2D eigenvalue weighted by molar-refractivity contribution is 1.54. The van der Waals surface area contributed by atoms with Crippen LogP contribution in [-0.4, -0.2) is 4.98 Å². The molecule has 1 aromatic heterocycles. The molecule has 0 atom stereocenters. The second-order valence-electron chi connectivity index (χ2n) is 12.0. The van der Waals surface area contributed by atoms with Crippen molar-refractivity contribution in [1.29, 1.82) is 0 Å². The van der Waals surface area contributed by atoms with E-state index in [2.05, 4.69) is 163 Å².